The fraction of sp³-hybridized carbons (Fsp3) is 0.353. The standard InChI is InChI=1S/C17H18N2S2/c1-2-21-17-5-3-4-16(15(17)10-18)19(14-6-7-14)11-13-8-9-20-12-13/h3-5,8-9,12,14H,2,6-7,11H2,1H3. The zero-order valence-electron chi connectivity index (χ0n) is 12.1. The Labute approximate surface area is 134 Å². The lowest BCUT2D eigenvalue weighted by molar-refractivity contribution is 0.793. The quantitative estimate of drug-likeness (QED) is 0.710. The molecule has 0 bridgehead atoms. The van der Waals surface area contributed by atoms with E-state index in [1.54, 1.807) is 23.1 Å². The Balaban J connectivity index is 1.95. The molecule has 0 unspecified atom stereocenters. The van der Waals surface area contributed by atoms with Gasteiger partial charge >= 0.3 is 0 Å². The Morgan fingerprint density at radius 2 is 2.24 bits per heavy atom. The Bertz CT molecular complexity index is 639. The number of nitriles is 1. The number of benzene rings is 1. The van der Waals surface area contributed by atoms with Gasteiger partial charge in [-0.1, -0.05) is 13.0 Å². The normalized spacial score (nSPS) is 13.9. The molecule has 1 fully saturated rings. The van der Waals surface area contributed by atoms with E-state index in [9.17, 15) is 5.26 Å². The van der Waals surface area contributed by atoms with E-state index in [2.05, 4.69) is 52.9 Å². The molecule has 1 aliphatic rings. The van der Waals surface area contributed by atoms with Gasteiger partial charge in [0.15, 0.2) is 0 Å². The van der Waals surface area contributed by atoms with E-state index in [-0.39, 0.29) is 0 Å². The first-order chi connectivity index (χ1) is 10.3. The smallest absolute Gasteiger partial charge is 0.103 e. The molecule has 21 heavy (non-hydrogen) atoms. The summed E-state index contributed by atoms with van der Waals surface area (Å²) in [7, 11) is 0. The van der Waals surface area contributed by atoms with Crippen molar-refractivity contribution in [1.29, 1.82) is 5.26 Å². The van der Waals surface area contributed by atoms with Gasteiger partial charge in [0.05, 0.1) is 11.3 Å². The summed E-state index contributed by atoms with van der Waals surface area (Å²) in [6.07, 6.45) is 2.47. The Morgan fingerprint density at radius 1 is 1.38 bits per heavy atom. The van der Waals surface area contributed by atoms with Crippen LogP contribution in [0.1, 0.15) is 30.9 Å². The first-order valence-electron chi connectivity index (χ1n) is 7.27. The Kier molecular flexibility index (Phi) is 4.52. The largest absolute Gasteiger partial charge is 0.363 e. The van der Waals surface area contributed by atoms with Gasteiger partial charge in [0, 0.05) is 17.5 Å². The average Bonchev–Trinajstić information content (AvgIpc) is 3.21. The van der Waals surface area contributed by atoms with Gasteiger partial charge in [0.2, 0.25) is 0 Å². The highest BCUT2D eigenvalue weighted by molar-refractivity contribution is 7.99. The fourth-order valence-corrected chi connectivity index (χ4v) is 3.96. The molecule has 0 spiro atoms. The van der Waals surface area contributed by atoms with E-state index in [0.29, 0.717) is 6.04 Å². The summed E-state index contributed by atoms with van der Waals surface area (Å²) in [5.74, 6) is 0.992. The van der Waals surface area contributed by atoms with Crippen molar-refractivity contribution in [2.24, 2.45) is 0 Å². The maximum atomic E-state index is 9.62. The molecule has 0 radical (unpaired) electrons. The van der Waals surface area contributed by atoms with E-state index in [1.807, 2.05) is 0 Å². The van der Waals surface area contributed by atoms with Crippen LogP contribution in [0.2, 0.25) is 0 Å². The minimum atomic E-state index is 0.596. The summed E-state index contributed by atoms with van der Waals surface area (Å²) in [6, 6.07) is 11.4. The number of anilines is 1. The third kappa shape index (κ3) is 3.25. The number of hydrogen-bond donors (Lipinski definition) is 0. The molecule has 0 N–H and O–H groups in total. The molecule has 0 aliphatic heterocycles. The molecule has 2 aromatic rings. The van der Waals surface area contributed by atoms with Crippen LogP contribution in [0.5, 0.6) is 0 Å². The molecule has 108 valence electrons. The molecule has 0 amide bonds. The molecule has 0 saturated heterocycles. The fourth-order valence-electron chi connectivity index (χ4n) is 2.52. The van der Waals surface area contributed by atoms with E-state index < -0.39 is 0 Å². The molecular formula is C17H18N2S2. The molecule has 4 heteroatoms. The van der Waals surface area contributed by atoms with Gasteiger partial charge < -0.3 is 4.90 Å². The lowest BCUT2D eigenvalue weighted by Crippen LogP contribution is -2.25. The SMILES string of the molecule is CCSc1cccc(N(Cc2ccsc2)C2CC2)c1C#N. The second-order valence-electron chi connectivity index (χ2n) is 5.19. The van der Waals surface area contributed by atoms with Gasteiger partial charge in [-0.25, -0.2) is 0 Å². The predicted molar refractivity (Wildman–Crippen MR) is 91.1 cm³/mol. The van der Waals surface area contributed by atoms with Crippen LogP contribution < -0.4 is 4.90 Å². The second-order valence-corrected chi connectivity index (χ2v) is 7.27. The minimum absolute atomic E-state index is 0.596. The van der Waals surface area contributed by atoms with Gasteiger partial charge in [-0.2, -0.15) is 16.6 Å². The maximum Gasteiger partial charge on any atom is 0.103 e. The molecule has 1 aliphatic carbocycles. The zero-order chi connectivity index (χ0) is 14.7. The monoisotopic (exact) mass is 314 g/mol. The lowest BCUT2D eigenvalue weighted by atomic mass is 10.1. The minimum Gasteiger partial charge on any atom is -0.363 e. The van der Waals surface area contributed by atoms with Gasteiger partial charge in [0.1, 0.15) is 6.07 Å². The van der Waals surface area contributed by atoms with Crippen molar-refractivity contribution in [2.45, 2.75) is 37.2 Å². The topological polar surface area (TPSA) is 27.0 Å². The highest BCUT2D eigenvalue weighted by atomic mass is 32.2. The van der Waals surface area contributed by atoms with Crippen LogP contribution in [-0.2, 0) is 6.54 Å². The Hall–Kier alpha value is -1.44. The summed E-state index contributed by atoms with van der Waals surface area (Å²) in [5.41, 5.74) is 3.28. The Morgan fingerprint density at radius 3 is 2.86 bits per heavy atom. The van der Waals surface area contributed by atoms with E-state index in [0.717, 1.165) is 28.4 Å². The molecule has 1 heterocycles. The number of nitrogens with zero attached hydrogens (tertiary/aromatic N) is 2. The molecule has 1 saturated carbocycles. The highest BCUT2D eigenvalue weighted by Gasteiger charge is 2.31. The molecule has 2 nitrogen and oxygen atoms in total. The summed E-state index contributed by atoms with van der Waals surface area (Å²) in [6.45, 7) is 3.03. The van der Waals surface area contributed by atoms with Crippen molar-refractivity contribution in [2.75, 3.05) is 10.7 Å². The molecule has 1 aromatic carbocycles. The summed E-state index contributed by atoms with van der Waals surface area (Å²) in [5, 5.41) is 13.9. The number of hydrogen-bond acceptors (Lipinski definition) is 4. The highest BCUT2D eigenvalue weighted by Crippen LogP contribution is 2.38. The number of rotatable bonds is 6. The molecule has 3 rings (SSSR count). The number of thioether (sulfide) groups is 1. The third-order valence-electron chi connectivity index (χ3n) is 3.65. The van der Waals surface area contributed by atoms with Crippen molar-refractivity contribution in [1.82, 2.24) is 0 Å². The van der Waals surface area contributed by atoms with Crippen LogP contribution in [0, 0.1) is 11.3 Å². The first-order valence-corrected chi connectivity index (χ1v) is 9.20. The van der Waals surface area contributed by atoms with Crippen LogP contribution >= 0.6 is 23.1 Å². The zero-order valence-corrected chi connectivity index (χ0v) is 13.7. The predicted octanol–water partition coefficient (Wildman–Crippen LogP) is 4.90. The van der Waals surface area contributed by atoms with Crippen LogP contribution in [-0.4, -0.2) is 11.8 Å². The van der Waals surface area contributed by atoms with Crippen LogP contribution in [0.25, 0.3) is 0 Å². The van der Waals surface area contributed by atoms with Crippen molar-refractivity contribution in [3.63, 3.8) is 0 Å². The van der Waals surface area contributed by atoms with Crippen molar-refractivity contribution in [3.8, 4) is 6.07 Å². The summed E-state index contributed by atoms with van der Waals surface area (Å²) in [4.78, 5) is 3.52. The van der Waals surface area contributed by atoms with Crippen LogP contribution in [0.15, 0.2) is 39.9 Å². The van der Waals surface area contributed by atoms with Crippen LogP contribution in [0.3, 0.4) is 0 Å². The average molecular weight is 314 g/mol. The first kappa shape index (κ1) is 14.5. The number of thiophene rings is 1. The van der Waals surface area contributed by atoms with Gasteiger partial charge in [-0.05, 0) is 53.1 Å². The maximum absolute atomic E-state index is 9.62. The third-order valence-corrected chi connectivity index (χ3v) is 5.32. The lowest BCUT2D eigenvalue weighted by Gasteiger charge is -2.26. The summed E-state index contributed by atoms with van der Waals surface area (Å²) >= 11 is 3.49. The van der Waals surface area contributed by atoms with E-state index in [1.165, 1.54) is 18.4 Å². The van der Waals surface area contributed by atoms with Crippen molar-refractivity contribution < 1.29 is 0 Å². The molecule has 0 atom stereocenters. The van der Waals surface area contributed by atoms with E-state index in [4.69, 9.17) is 0 Å². The van der Waals surface area contributed by atoms with Crippen LogP contribution in [0.4, 0.5) is 5.69 Å². The molecule has 1 aromatic heterocycles. The van der Waals surface area contributed by atoms with Gasteiger partial charge in [-0.3, -0.25) is 0 Å². The summed E-state index contributed by atoms with van der Waals surface area (Å²) < 4.78 is 0. The van der Waals surface area contributed by atoms with Crippen molar-refractivity contribution in [3.05, 3.63) is 46.2 Å². The van der Waals surface area contributed by atoms with E-state index >= 15 is 0 Å². The van der Waals surface area contributed by atoms with Gasteiger partial charge in [0.25, 0.3) is 0 Å². The second kappa shape index (κ2) is 6.55. The van der Waals surface area contributed by atoms with Crippen molar-refractivity contribution >= 4 is 28.8 Å². The molecular weight excluding hydrogens is 296 g/mol. The van der Waals surface area contributed by atoms with Gasteiger partial charge in [-0.15, -0.1) is 11.8 Å².